The number of hydrogen-bond donors (Lipinski definition) is 2. The maximum absolute atomic E-state index is 12.7. The molecule has 0 aliphatic carbocycles. The largest absolute Gasteiger partial charge is 0.454 e. The third-order valence-corrected chi connectivity index (χ3v) is 4.53. The number of rotatable bonds is 6. The van der Waals surface area contributed by atoms with Crippen LogP contribution in [0.4, 0.5) is 0 Å². The highest BCUT2D eigenvalue weighted by Crippen LogP contribution is 2.32. The molecule has 1 atom stereocenters. The normalized spacial score (nSPS) is 13.3. The number of aryl methyl sites for hydroxylation is 1. The van der Waals surface area contributed by atoms with Gasteiger partial charge in [0.25, 0.3) is 5.91 Å². The van der Waals surface area contributed by atoms with Crippen molar-refractivity contribution in [2.24, 2.45) is 5.92 Å². The molecule has 0 saturated carbocycles. The second-order valence-corrected chi connectivity index (χ2v) is 6.92. The Labute approximate surface area is 158 Å². The van der Waals surface area contributed by atoms with Crippen molar-refractivity contribution < 1.29 is 19.1 Å². The van der Waals surface area contributed by atoms with Crippen molar-refractivity contribution in [1.82, 2.24) is 10.6 Å². The topological polar surface area (TPSA) is 76.7 Å². The Bertz CT molecular complexity index is 848. The van der Waals surface area contributed by atoms with Gasteiger partial charge in [-0.05, 0) is 42.2 Å². The molecule has 2 aromatic carbocycles. The van der Waals surface area contributed by atoms with Crippen molar-refractivity contribution in [1.29, 1.82) is 0 Å². The molecule has 3 rings (SSSR count). The standard InChI is InChI=1S/C21H24N2O4/c1-13(2)19(23-20(24)16-7-5-4-6-14(16)3)21(25)22-11-15-8-9-17-18(10-15)27-12-26-17/h4-10,13,19H,11-12H2,1-3H3,(H,22,25)(H,23,24)/t19-/m0/s1. The molecule has 0 fully saturated rings. The summed E-state index contributed by atoms with van der Waals surface area (Å²) in [6, 6.07) is 12.3. The second kappa shape index (κ2) is 8.12. The fourth-order valence-electron chi connectivity index (χ4n) is 2.93. The number of benzene rings is 2. The third-order valence-electron chi connectivity index (χ3n) is 4.53. The molecular weight excluding hydrogens is 344 g/mol. The van der Waals surface area contributed by atoms with E-state index in [4.69, 9.17) is 9.47 Å². The summed E-state index contributed by atoms with van der Waals surface area (Å²) in [6.07, 6.45) is 0. The first-order valence-corrected chi connectivity index (χ1v) is 8.98. The van der Waals surface area contributed by atoms with Gasteiger partial charge >= 0.3 is 0 Å². The van der Waals surface area contributed by atoms with E-state index in [0.717, 1.165) is 11.1 Å². The first-order valence-electron chi connectivity index (χ1n) is 8.98. The molecular formula is C21H24N2O4. The number of nitrogens with one attached hydrogen (secondary N) is 2. The number of carbonyl (C=O) groups excluding carboxylic acids is 2. The van der Waals surface area contributed by atoms with E-state index in [2.05, 4.69) is 10.6 Å². The predicted octanol–water partition coefficient (Wildman–Crippen LogP) is 2.79. The van der Waals surface area contributed by atoms with Crippen molar-refractivity contribution in [3.05, 3.63) is 59.2 Å². The summed E-state index contributed by atoms with van der Waals surface area (Å²) in [5, 5.41) is 5.75. The van der Waals surface area contributed by atoms with Crippen LogP contribution in [-0.2, 0) is 11.3 Å². The van der Waals surface area contributed by atoms with Crippen LogP contribution in [0, 0.1) is 12.8 Å². The SMILES string of the molecule is Cc1ccccc1C(=O)N[C@H](C(=O)NCc1ccc2c(c1)OCO2)C(C)C. The Morgan fingerprint density at radius 3 is 2.56 bits per heavy atom. The van der Waals surface area contributed by atoms with Gasteiger partial charge < -0.3 is 20.1 Å². The van der Waals surface area contributed by atoms with E-state index < -0.39 is 6.04 Å². The van der Waals surface area contributed by atoms with Crippen LogP contribution >= 0.6 is 0 Å². The van der Waals surface area contributed by atoms with Gasteiger partial charge in [0.2, 0.25) is 12.7 Å². The molecule has 27 heavy (non-hydrogen) atoms. The van der Waals surface area contributed by atoms with Gasteiger partial charge in [0.15, 0.2) is 11.5 Å². The highest BCUT2D eigenvalue weighted by atomic mass is 16.7. The summed E-state index contributed by atoms with van der Waals surface area (Å²) in [6.45, 7) is 6.25. The lowest BCUT2D eigenvalue weighted by Gasteiger charge is -2.22. The molecule has 6 nitrogen and oxygen atoms in total. The van der Waals surface area contributed by atoms with Gasteiger partial charge in [-0.1, -0.05) is 38.1 Å². The summed E-state index contributed by atoms with van der Waals surface area (Å²) >= 11 is 0. The molecule has 0 saturated heterocycles. The minimum absolute atomic E-state index is 0.0466. The molecule has 1 heterocycles. The van der Waals surface area contributed by atoms with Crippen LogP contribution in [0.1, 0.15) is 35.3 Å². The lowest BCUT2D eigenvalue weighted by molar-refractivity contribution is -0.124. The fourth-order valence-corrected chi connectivity index (χ4v) is 2.93. The van der Waals surface area contributed by atoms with Crippen molar-refractivity contribution in [3.8, 4) is 11.5 Å². The Kier molecular flexibility index (Phi) is 5.64. The molecule has 1 aliphatic rings. The number of ether oxygens (including phenoxy) is 2. The maximum Gasteiger partial charge on any atom is 0.252 e. The quantitative estimate of drug-likeness (QED) is 0.822. The molecule has 0 radical (unpaired) electrons. The lowest BCUT2D eigenvalue weighted by Crippen LogP contribution is -2.49. The van der Waals surface area contributed by atoms with E-state index in [-0.39, 0.29) is 24.5 Å². The van der Waals surface area contributed by atoms with Crippen LogP contribution in [0.5, 0.6) is 11.5 Å². The lowest BCUT2D eigenvalue weighted by atomic mass is 10.0. The second-order valence-electron chi connectivity index (χ2n) is 6.92. The van der Waals surface area contributed by atoms with Crippen LogP contribution < -0.4 is 20.1 Å². The van der Waals surface area contributed by atoms with E-state index in [0.29, 0.717) is 23.6 Å². The Hall–Kier alpha value is -3.02. The first-order chi connectivity index (χ1) is 13.0. The predicted molar refractivity (Wildman–Crippen MR) is 102 cm³/mol. The molecule has 2 amide bonds. The van der Waals surface area contributed by atoms with Crippen LogP contribution in [0.25, 0.3) is 0 Å². The van der Waals surface area contributed by atoms with Gasteiger partial charge in [-0.25, -0.2) is 0 Å². The summed E-state index contributed by atoms with van der Waals surface area (Å²) in [5.74, 6) is 0.870. The third kappa shape index (κ3) is 4.39. The molecule has 2 aromatic rings. The summed E-state index contributed by atoms with van der Waals surface area (Å²) in [5.41, 5.74) is 2.35. The van der Waals surface area contributed by atoms with Crippen molar-refractivity contribution in [2.45, 2.75) is 33.4 Å². The molecule has 0 aromatic heterocycles. The van der Waals surface area contributed by atoms with Crippen molar-refractivity contribution in [3.63, 3.8) is 0 Å². The van der Waals surface area contributed by atoms with Gasteiger partial charge in [0.1, 0.15) is 6.04 Å². The van der Waals surface area contributed by atoms with Gasteiger partial charge in [-0.15, -0.1) is 0 Å². The first kappa shape index (κ1) is 18.8. The van der Waals surface area contributed by atoms with Gasteiger partial charge in [0.05, 0.1) is 0 Å². The van der Waals surface area contributed by atoms with Gasteiger partial charge in [-0.2, -0.15) is 0 Å². The van der Waals surface area contributed by atoms with Gasteiger partial charge in [-0.3, -0.25) is 9.59 Å². The number of fused-ring (bicyclic) bond motifs is 1. The molecule has 0 unspecified atom stereocenters. The van der Waals surface area contributed by atoms with E-state index in [1.807, 2.05) is 57.2 Å². The monoisotopic (exact) mass is 368 g/mol. The van der Waals surface area contributed by atoms with Crippen molar-refractivity contribution in [2.75, 3.05) is 6.79 Å². The highest BCUT2D eigenvalue weighted by Gasteiger charge is 2.25. The van der Waals surface area contributed by atoms with Crippen LogP contribution in [0.2, 0.25) is 0 Å². The van der Waals surface area contributed by atoms with Crippen LogP contribution in [0.3, 0.4) is 0 Å². The van der Waals surface area contributed by atoms with Crippen LogP contribution in [0.15, 0.2) is 42.5 Å². The maximum atomic E-state index is 12.7. The Morgan fingerprint density at radius 2 is 1.81 bits per heavy atom. The number of hydrogen-bond acceptors (Lipinski definition) is 4. The zero-order valence-corrected chi connectivity index (χ0v) is 15.7. The zero-order valence-electron chi connectivity index (χ0n) is 15.7. The minimum atomic E-state index is -0.619. The molecule has 1 aliphatic heterocycles. The van der Waals surface area contributed by atoms with E-state index >= 15 is 0 Å². The average Bonchev–Trinajstić information content (AvgIpc) is 3.12. The summed E-state index contributed by atoms with van der Waals surface area (Å²) < 4.78 is 10.6. The summed E-state index contributed by atoms with van der Waals surface area (Å²) in [7, 11) is 0. The van der Waals surface area contributed by atoms with E-state index in [9.17, 15) is 9.59 Å². The zero-order chi connectivity index (χ0) is 19.4. The van der Waals surface area contributed by atoms with Gasteiger partial charge in [0, 0.05) is 12.1 Å². The Balaban J connectivity index is 1.63. The van der Waals surface area contributed by atoms with E-state index in [1.54, 1.807) is 6.07 Å². The smallest absolute Gasteiger partial charge is 0.252 e. The minimum Gasteiger partial charge on any atom is -0.454 e. The molecule has 6 heteroatoms. The Morgan fingerprint density at radius 1 is 1.07 bits per heavy atom. The van der Waals surface area contributed by atoms with E-state index in [1.165, 1.54) is 0 Å². The molecule has 0 bridgehead atoms. The molecule has 142 valence electrons. The molecule has 0 spiro atoms. The average molecular weight is 368 g/mol. The number of carbonyl (C=O) groups is 2. The van der Waals surface area contributed by atoms with Crippen LogP contribution in [-0.4, -0.2) is 24.6 Å². The highest BCUT2D eigenvalue weighted by molar-refractivity contribution is 5.98. The number of amides is 2. The molecule has 2 N–H and O–H groups in total. The fraction of sp³-hybridized carbons (Fsp3) is 0.333. The van der Waals surface area contributed by atoms with Crippen molar-refractivity contribution >= 4 is 11.8 Å². The summed E-state index contributed by atoms with van der Waals surface area (Å²) in [4.78, 5) is 25.2.